The number of benzene rings is 1. The average Bonchev–Trinajstić information content (AvgIpc) is 2.46. The minimum Gasteiger partial charge on any atom is -0.497 e. The maximum absolute atomic E-state index is 6.28. The quantitative estimate of drug-likeness (QED) is 0.851. The van der Waals surface area contributed by atoms with Crippen LogP contribution in [0.15, 0.2) is 24.3 Å². The molecular weight excluding hydrogens is 222 g/mol. The molecule has 0 saturated heterocycles. The standard InChI is InChI=1S/C16H25NO/c1-18-15-9-5-8-14(12-15)16(17)11-10-13-6-3-2-4-7-13/h5,8-9,12-13,16H,2-4,6-7,10-11,17H2,1H3. The third kappa shape index (κ3) is 3.74. The molecule has 0 aliphatic heterocycles. The molecule has 2 rings (SSSR count). The number of rotatable bonds is 5. The number of methoxy groups -OCH3 is 1. The Balaban J connectivity index is 1.84. The van der Waals surface area contributed by atoms with E-state index in [4.69, 9.17) is 10.5 Å². The van der Waals surface area contributed by atoms with Crippen LogP contribution in [0.3, 0.4) is 0 Å². The van der Waals surface area contributed by atoms with Gasteiger partial charge >= 0.3 is 0 Å². The number of hydrogen-bond donors (Lipinski definition) is 1. The fraction of sp³-hybridized carbons (Fsp3) is 0.625. The molecule has 0 bridgehead atoms. The van der Waals surface area contributed by atoms with Crippen molar-refractivity contribution in [2.45, 2.75) is 51.0 Å². The molecule has 18 heavy (non-hydrogen) atoms. The fourth-order valence-electron chi connectivity index (χ4n) is 2.93. The van der Waals surface area contributed by atoms with Crippen LogP contribution in [0.1, 0.15) is 56.6 Å². The van der Waals surface area contributed by atoms with Gasteiger partial charge < -0.3 is 10.5 Å². The van der Waals surface area contributed by atoms with Gasteiger partial charge in [0.1, 0.15) is 5.75 Å². The lowest BCUT2D eigenvalue weighted by atomic mass is 9.84. The van der Waals surface area contributed by atoms with Gasteiger partial charge in [0.05, 0.1) is 7.11 Å². The summed E-state index contributed by atoms with van der Waals surface area (Å²) in [7, 11) is 1.70. The van der Waals surface area contributed by atoms with E-state index in [1.54, 1.807) is 7.11 Å². The van der Waals surface area contributed by atoms with Crippen LogP contribution in [0.4, 0.5) is 0 Å². The normalized spacial score (nSPS) is 18.6. The number of ether oxygens (including phenoxy) is 1. The van der Waals surface area contributed by atoms with Gasteiger partial charge in [0.25, 0.3) is 0 Å². The van der Waals surface area contributed by atoms with Gasteiger partial charge in [-0.15, -0.1) is 0 Å². The molecule has 1 aromatic carbocycles. The molecule has 1 aromatic rings. The van der Waals surface area contributed by atoms with Crippen molar-refractivity contribution in [3.8, 4) is 5.75 Å². The highest BCUT2D eigenvalue weighted by Crippen LogP contribution is 2.30. The van der Waals surface area contributed by atoms with Crippen molar-refractivity contribution in [3.05, 3.63) is 29.8 Å². The van der Waals surface area contributed by atoms with Crippen LogP contribution < -0.4 is 10.5 Å². The minimum absolute atomic E-state index is 0.155. The smallest absolute Gasteiger partial charge is 0.119 e. The highest BCUT2D eigenvalue weighted by Gasteiger charge is 2.15. The molecular formula is C16H25NO. The second-order valence-electron chi connectivity index (χ2n) is 5.46. The van der Waals surface area contributed by atoms with Crippen molar-refractivity contribution < 1.29 is 4.74 Å². The lowest BCUT2D eigenvalue weighted by Crippen LogP contribution is -2.14. The largest absolute Gasteiger partial charge is 0.497 e. The van der Waals surface area contributed by atoms with Gasteiger partial charge in [0, 0.05) is 6.04 Å². The van der Waals surface area contributed by atoms with E-state index in [-0.39, 0.29) is 6.04 Å². The first kappa shape index (κ1) is 13.4. The van der Waals surface area contributed by atoms with E-state index in [1.165, 1.54) is 44.1 Å². The highest BCUT2D eigenvalue weighted by molar-refractivity contribution is 5.30. The SMILES string of the molecule is COc1cccc(C(N)CCC2CCCCC2)c1. The summed E-state index contributed by atoms with van der Waals surface area (Å²) in [6.45, 7) is 0. The Morgan fingerprint density at radius 3 is 2.78 bits per heavy atom. The van der Waals surface area contributed by atoms with Crippen molar-refractivity contribution in [1.29, 1.82) is 0 Å². The summed E-state index contributed by atoms with van der Waals surface area (Å²) < 4.78 is 5.24. The van der Waals surface area contributed by atoms with E-state index in [1.807, 2.05) is 12.1 Å². The van der Waals surface area contributed by atoms with Crippen LogP contribution in [0.5, 0.6) is 5.75 Å². The van der Waals surface area contributed by atoms with E-state index in [2.05, 4.69) is 12.1 Å². The Bertz CT molecular complexity index is 358. The van der Waals surface area contributed by atoms with E-state index in [0.29, 0.717) is 0 Å². The topological polar surface area (TPSA) is 35.2 Å². The fourth-order valence-corrected chi connectivity index (χ4v) is 2.93. The first-order valence-electron chi connectivity index (χ1n) is 7.19. The maximum atomic E-state index is 6.28. The number of hydrogen-bond acceptors (Lipinski definition) is 2. The Morgan fingerprint density at radius 1 is 1.28 bits per heavy atom. The second kappa shape index (κ2) is 6.79. The third-order valence-electron chi connectivity index (χ3n) is 4.13. The molecule has 1 unspecified atom stereocenters. The molecule has 1 aliphatic rings. The Morgan fingerprint density at radius 2 is 2.06 bits per heavy atom. The van der Waals surface area contributed by atoms with E-state index < -0.39 is 0 Å². The summed E-state index contributed by atoms with van der Waals surface area (Å²) in [6.07, 6.45) is 9.45. The molecule has 1 fully saturated rings. The Kier molecular flexibility index (Phi) is 5.06. The van der Waals surface area contributed by atoms with Gasteiger partial charge in [-0.1, -0.05) is 44.2 Å². The van der Waals surface area contributed by atoms with Crippen molar-refractivity contribution in [1.82, 2.24) is 0 Å². The van der Waals surface area contributed by atoms with Crippen LogP contribution in [-0.4, -0.2) is 7.11 Å². The molecule has 0 radical (unpaired) electrons. The molecule has 0 spiro atoms. The molecule has 2 heteroatoms. The predicted molar refractivity (Wildman–Crippen MR) is 75.7 cm³/mol. The maximum Gasteiger partial charge on any atom is 0.119 e. The van der Waals surface area contributed by atoms with Gasteiger partial charge in [-0.05, 0) is 36.5 Å². The van der Waals surface area contributed by atoms with Gasteiger partial charge in [-0.25, -0.2) is 0 Å². The summed E-state index contributed by atoms with van der Waals surface area (Å²) in [4.78, 5) is 0. The zero-order valence-electron chi connectivity index (χ0n) is 11.4. The first-order chi connectivity index (χ1) is 8.79. The van der Waals surface area contributed by atoms with Crippen LogP contribution >= 0.6 is 0 Å². The lowest BCUT2D eigenvalue weighted by Gasteiger charge is -2.23. The minimum atomic E-state index is 0.155. The molecule has 100 valence electrons. The van der Waals surface area contributed by atoms with Gasteiger partial charge in [0.15, 0.2) is 0 Å². The third-order valence-corrected chi connectivity index (χ3v) is 4.13. The van der Waals surface area contributed by atoms with Crippen LogP contribution in [0.2, 0.25) is 0 Å². The molecule has 2 nitrogen and oxygen atoms in total. The van der Waals surface area contributed by atoms with Crippen LogP contribution in [0.25, 0.3) is 0 Å². The van der Waals surface area contributed by atoms with Gasteiger partial charge in [0.2, 0.25) is 0 Å². The zero-order valence-corrected chi connectivity index (χ0v) is 11.4. The molecule has 0 amide bonds. The second-order valence-corrected chi connectivity index (χ2v) is 5.46. The summed E-state index contributed by atoms with van der Waals surface area (Å²) >= 11 is 0. The van der Waals surface area contributed by atoms with E-state index >= 15 is 0 Å². The van der Waals surface area contributed by atoms with Gasteiger partial charge in [-0.2, -0.15) is 0 Å². The summed E-state index contributed by atoms with van der Waals surface area (Å²) in [5.74, 6) is 1.82. The first-order valence-corrected chi connectivity index (χ1v) is 7.19. The zero-order chi connectivity index (χ0) is 12.8. The Labute approximate surface area is 111 Å². The predicted octanol–water partition coefficient (Wildman–Crippen LogP) is 4.06. The summed E-state index contributed by atoms with van der Waals surface area (Å²) in [5, 5.41) is 0. The molecule has 0 heterocycles. The van der Waals surface area contributed by atoms with Crippen LogP contribution in [0, 0.1) is 5.92 Å². The lowest BCUT2D eigenvalue weighted by molar-refractivity contribution is 0.324. The highest BCUT2D eigenvalue weighted by atomic mass is 16.5. The van der Waals surface area contributed by atoms with Crippen LogP contribution in [-0.2, 0) is 0 Å². The average molecular weight is 247 g/mol. The van der Waals surface area contributed by atoms with E-state index in [0.717, 1.165) is 18.1 Å². The summed E-state index contributed by atoms with van der Waals surface area (Å²) in [6, 6.07) is 8.31. The number of nitrogens with two attached hydrogens (primary N) is 1. The monoisotopic (exact) mass is 247 g/mol. The van der Waals surface area contributed by atoms with Gasteiger partial charge in [-0.3, -0.25) is 0 Å². The van der Waals surface area contributed by atoms with Crippen molar-refractivity contribution in [2.75, 3.05) is 7.11 Å². The molecule has 1 aliphatic carbocycles. The van der Waals surface area contributed by atoms with Crippen molar-refractivity contribution in [3.63, 3.8) is 0 Å². The molecule has 0 aromatic heterocycles. The summed E-state index contributed by atoms with van der Waals surface area (Å²) in [5.41, 5.74) is 7.48. The van der Waals surface area contributed by atoms with Crippen molar-refractivity contribution in [2.24, 2.45) is 11.7 Å². The Hall–Kier alpha value is -1.02. The van der Waals surface area contributed by atoms with Crippen molar-refractivity contribution >= 4 is 0 Å². The van der Waals surface area contributed by atoms with E-state index in [9.17, 15) is 0 Å². The molecule has 1 saturated carbocycles. The molecule has 1 atom stereocenters. The molecule has 2 N–H and O–H groups in total.